The third-order valence-electron chi connectivity index (χ3n) is 4.85. The van der Waals surface area contributed by atoms with Crippen LogP contribution in [0.5, 0.6) is 5.75 Å². The van der Waals surface area contributed by atoms with E-state index in [0.717, 1.165) is 18.8 Å². The maximum Gasteiger partial charge on any atom is 0.263 e. The van der Waals surface area contributed by atoms with Crippen LogP contribution in [0.25, 0.3) is 0 Å². The summed E-state index contributed by atoms with van der Waals surface area (Å²) in [6, 6.07) is 9.04. The third-order valence-corrected chi connectivity index (χ3v) is 7.09. The van der Waals surface area contributed by atoms with E-state index in [0.29, 0.717) is 34.1 Å². The van der Waals surface area contributed by atoms with Crippen LogP contribution in [-0.4, -0.2) is 40.7 Å². The number of sulfonamides is 1. The Labute approximate surface area is 182 Å². The zero-order valence-corrected chi connectivity index (χ0v) is 19.1. The molecule has 1 aliphatic heterocycles. The zero-order valence-electron chi connectivity index (χ0n) is 16.8. The van der Waals surface area contributed by atoms with Crippen LogP contribution in [-0.2, 0) is 10.0 Å². The van der Waals surface area contributed by atoms with Crippen molar-refractivity contribution in [3.05, 3.63) is 45.9 Å². The molecule has 2 atom stereocenters. The Balaban J connectivity index is 1.96. The molecule has 0 radical (unpaired) electrons. The molecule has 2 N–H and O–H groups in total. The van der Waals surface area contributed by atoms with Crippen LogP contribution in [0.3, 0.4) is 0 Å². The minimum atomic E-state index is -3.94. The van der Waals surface area contributed by atoms with Gasteiger partial charge in [-0.1, -0.05) is 23.2 Å². The van der Waals surface area contributed by atoms with Crippen LogP contribution < -0.4 is 19.7 Å². The van der Waals surface area contributed by atoms with Crippen LogP contribution in [0.2, 0.25) is 10.0 Å². The summed E-state index contributed by atoms with van der Waals surface area (Å²) in [6.07, 6.45) is 0. The number of halogens is 2. The number of hydrogen-bond acceptors (Lipinski definition) is 5. The minimum Gasteiger partial charge on any atom is -0.495 e. The van der Waals surface area contributed by atoms with E-state index in [1.54, 1.807) is 19.1 Å². The molecule has 0 bridgehead atoms. The van der Waals surface area contributed by atoms with Crippen molar-refractivity contribution >= 4 is 44.6 Å². The van der Waals surface area contributed by atoms with Gasteiger partial charge >= 0.3 is 0 Å². The molecule has 0 saturated carbocycles. The minimum absolute atomic E-state index is 0.0297. The number of anilines is 2. The van der Waals surface area contributed by atoms with Crippen molar-refractivity contribution in [1.82, 2.24) is 5.32 Å². The SMILES string of the molecule is COc1ccc(N2C[C@@H](C)N[C@@H](C)C2)cc1NS(=O)(=O)c1cc(C)c(Cl)cc1Cl. The first-order chi connectivity index (χ1) is 13.6. The summed E-state index contributed by atoms with van der Waals surface area (Å²) in [5.74, 6) is 0.426. The van der Waals surface area contributed by atoms with Gasteiger partial charge in [-0.05, 0) is 56.7 Å². The quantitative estimate of drug-likeness (QED) is 0.700. The fourth-order valence-corrected chi connectivity index (χ4v) is 5.44. The van der Waals surface area contributed by atoms with Crippen LogP contribution in [0.4, 0.5) is 11.4 Å². The number of benzene rings is 2. The van der Waals surface area contributed by atoms with E-state index < -0.39 is 10.0 Å². The van der Waals surface area contributed by atoms with E-state index in [9.17, 15) is 8.42 Å². The average Bonchev–Trinajstić information content (AvgIpc) is 2.63. The van der Waals surface area contributed by atoms with Gasteiger partial charge in [-0.3, -0.25) is 4.72 Å². The predicted molar refractivity (Wildman–Crippen MR) is 119 cm³/mol. The maximum absolute atomic E-state index is 13.0. The molecule has 29 heavy (non-hydrogen) atoms. The molecular weight excluding hydrogens is 433 g/mol. The second kappa shape index (κ2) is 8.60. The summed E-state index contributed by atoms with van der Waals surface area (Å²) in [4.78, 5) is 2.20. The lowest BCUT2D eigenvalue weighted by atomic mass is 10.1. The summed E-state index contributed by atoms with van der Waals surface area (Å²) in [5.41, 5.74) is 1.90. The number of aryl methyl sites for hydroxylation is 1. The van der Waals surface area contributed by atoms with E-state index in [2.05, 4.69) is 28.8 Å². The third kappa shape index (κ3) is 4.91. The molecule has 0 unspecified atom stereocenters. The lowest BCUT2D eigenvalue weighted by Gasteiger charge is -2.38. The lowest BCUT2D eigenvalue weighted by Crippen LogP contribution is -2.54. The highest BCUT2D eigenvalue weighted by Crippen LogP contribution is 2.34. The van der Waals surface area contributed by atoms with Gasteiger partial charge in [-0.15, -0.1) is 0 Å². The van der Waals surface area contributed by atoms with E-state index >= 15 is 0 Å². The Kier molecular flexibility index (Phi) is 6.53. The predicted octanol–water partition coefficient (Wildman–Crippen LogP) is 4.30. The molecule has 1 saturated heterocycles. The molecule has 2 aromatic carbocycles. The van der Waals surface area contributed by atoms with Crippen LogP contribution in [0, 0.1) is 6.92 Å². The number of nitrogens with zero attached hydrogens (tertiary/aromatic N) is 1. The molecular formula is C20H25Cl2N3O3S. The number of hydrogen-bond donors (Lipinski definition) is 2. The molecule has 2 aromatic rings. The molecule has 1 fully saturated rings. The fraction of sp³-hybridized carbons (Fsp3) is 0.400. The maximum atomic E-state index is 13.0. The second-order valence-electron chi connectivity index (χ2n) is 7.40. The molecule has 1 aliphatic rings. The van der Waals surface area contributed by atoms with Crippen molar-refractivity contribution in [2.24, 2.45) is 0 Å². The van der Waals surface area contributed by atoms with Crippen LogP contribution >= 0.6 is 23.2 Å². The number of rotatable bonds is 5. The molecule has 0 aliphatic carbocycles. The van der Waals surface area contributed by atoms with Gasteiger partial charge in [-0.25, -0.2) is 8.42 Å². The molecule has 0 amide bonds. The summed E-state index contributed by atoms with van der Waals surface area (Å²) in [5, 5.41) is 3.96. The number of nitrogens with one attached hydrogen (secondary N) is 2. The first-order valence-electron chi connectivity index (χ1n) is 9.28. The Morgan fingerprint density at radius 3 is 2.38 bits per heavy atom. The van der Waals surface area contributed by atoms with Crippen molar-refractivity contribution in [3.63, 3.8) is 0 Å². The van der Waals surface area contributed by atoms with Crippen molar-refractivity contribution in [3.8, 4) is 5.75 Å². The van der Waals surface area contributed by atoms with Gasteiger partial charge < -0.3 is 15.0 Å². The summed E-state index contributed by atoms with van der Waals surface area (Å²) in [6.45, 7) is 7.63. The number of piperazine rings is 1. The van der Waals surface area contributed by atoms with Crippen molar-refractivity contribution in [2.75, 3.05) is 29.8 Å². The lowest BCUT2D eigenvalue weighted by molar-refractivity contribution is 0.406. The molecule has 0 aromatic heterocycles. The van der Waals surface area contributed by atoms with Gasteiger partial charge in [0, 0.05) is 35.9 Å². The van der Waals surface area contributed by atoms with Crippen LogP contribution in [0.1, 0.15) is 19.4 Å². The first kappa shape index (κ1) is 22.0. The molecule has 6 nitrogen and oxygen atoms in total. The van der Waals surface area contributed by atoms with Crippen molar-refractivity contribution in [2.45, 2.75) is 37.8 Å². The standard InChI is InChI=1S/C20H25Cl2N3O3S/c1-12-7-20(17(22)9-16(12)21)29(26,27)24-18-8-15(5-6-19(18)28-4)25-10-13(2)23-14(3)11-25/h5-9,13-14,23-24H,10-11H2,1-4H3/t13-,14+. The Morgan fingerprint density at radius 2 is 1.76 bits per heavy atom. The highest BCUT2D eigenvalue weighted by Gasteiger charge is 2.24. The molecule has 1 heterocycles. The Morgan fingerprint density at radius 1 is 1.10 bits per heavy atom. The van der Waals surface area contributed by atoms with Crippen molar-refractivity contribution < 1.29 is 13.2 Å². The van der Waals surface area contributed by atoms with E-state index in [-0.39, 0.29) is 9.92 Å². The van der Waals surface area contributed by atoms with Gasteiger partial charge in [-0.2, -0.15) is 0 Å². The Bertz CT molecular complexity index is 1000. The van der Waals surface area contributed by atoms with E-state index in [1.807, 2.05) is 6.07 Å². The van der Waals surface area contributed by atoms with Gasteiger partial charge in [0.05, 0.1) is 17.8 Å². The zero-order chi connectivity index (χ0) is 21.3. The topological polar surface area (TPSA) is 70.7 Å². The smallest absolute Gasteiger partial charge is 0.263 e. The molecule has 3 rings (SSSR count). The summed E-state index contributed by atoms with van der Waals surface area (Å²) in [7, 11) is -2.44. The monoisotopic (exact) mass is 457 g/mol. The molecule has 0 spiro atoms. The van der Waals surface area contributed by atoms with Gasteiger partial charge in [0.25, 0.3) is 10.0 Å². The normalized spacial score (nSPS) is 19.9. The summed E-state index contributed by atoms with van der Waals surface area (Å²) < 4.78 is 34.0. The average molecular weight is 458 g/mol. The van der Waals surface area contributed by atoms with E-state index in [1.165, 1.54) is 19.2 Å². The fourth-order valence-electron chi connectivity index (χ4n) is 3.55. The largest absolute Gasteiger partial charge is 0.495 e. The highest BCUT2D eigenvalue weighted by atomic mass is 35.5. The molecule has 9 heteroatoms. The number of ether oxygens (including phenoxy) is 1. The Hall–Kier alpha value is -1.67. The highest BCUT2D eigenvalue weighted by molar-refractivity contribution is 7.92. The second-order valence-corrected chi connectivity index (χ2v) is 9.86. The first-order valence-corrected chi connectivity index (χ1v) is 11.5. The number of methoxy groups -OCH3 is 1. The van der Waals surface area contributed by atoms with Crippen molar-refractivity contribution in [1.29, 1.82) is 0 Å². The van der Waals surface area contributed by atoms with Gasteiger partial charge in [0.15, 0.2) is 0 Å². The van der Waals surface area contributed by atoms with Gasteiger partial charge in [0.2, 0.25) is 0 Å². The molecule has 158 valence electrons. The van der Waals surface area contributed by atoms with E-state index in [4.69, 9.17) is 27.9 Å². The summed E-state index contributed by atoms with van der Waals surface area (Å²) >= 11 is 12.2. The van der Waals surface area contributed by atoms with Crippen LogP contribution in [0.15, 0.2) is 35.2 Å². The van der Waals surface area contributed by atoms with Gasteiger partial charge in [0.1, 0.15) is 10.6 Å².